The first-order valence-corrected chi connectivity index (χ1v) is 10.9. The van der Waals surface area contributed by atoms with E-state index in [-0.39, 0.29) is 12.5 Å². The van der Waals surface area contributed by atoms with Crippen LogP contribution in [-0.4, -0.2) is 75.9 Å². The average Bonchev–Trinajstić information content (AvgIpc) is 3.16. The molecule has 0 spiro atoms. The summed E-state index contributed by atoms with van der Waals surface area (Å²) in [6.45, 7) is 6.56. The SMILES string of the molecule is Cc1cccc(/C=N/Nc2nc(N3CCOCC3)nc3c2ncn3CC(=O)N2CCC2)c1. The minimum atomic E-state index is 0.0778. The highest BCUT2D eigenvalue weighted by Gasteiger charge is 2.23. The normalized spacial score (nSPS) is 16.5. The first-order valence-electron chi connectivity index (χ1n) is 10.9. The molecular weight excluding hydrogens is 408 g/mol. The molecule has 4 heterocycles. The number of hydrogen-bond acceptors (Lipinski definition) is 8. The number of benzene rings is 1. The number of hydrogen-bond donors (Lipinski definition) is 1. The van der Waals surface area contributed by atoms with Crippen molar-refractivity contribution in [2.24, 2.45) is 5.10 Å². The number of amides is 1. The summed E-state index contributed by atoms with van der Waals surface area (Å²) in [5.41, 5.74) is 6.39. The van der Waals surface area contributed by atoms with E-state index in [0.717, 1.165) is 25.1 Å². The van der Waals surface area contributed by atoms with Crippen molar-refractivity contribution in [1.29, 1.82) is 0 Å². The van der Waals surface area contributed by atoms with Gasteiger partial charge in [0.25, 0.3) is 0 Å². The number of morpholine rings is 1. The highest BCUT2D eigenvalue weighted by atomic mass is 16.5. The Bertz CT molecular complexity index is 1150. The monoisotopic (exact) mass is 434 g/mol. The van der Waals surface area contributed by atoms with Crippen LogP contribution in [0.1, 0.15) is 17.5 Å². The number of hydrazone groups is 1. The summed E-state index contributed by atoms with van der Waals surface area (Å²) in [6.07, 6.45) is 4.46. The Morgan fingerprint density at radius 3 is 2.81 bits per heavy atom. The molecule has 2 saturated heterocycles. The predicted octanol–water partition coefficient (Wildman–Crippen LogP) is 1.65. The van der Waals surface area contributed by atoms with Crippen molar-refractivity contribution >= 4 is 35.1 Å². The number of carbonyl (C=O) groups is 1. The molecule has 2 aromatic heterocycles. The number of nitrogens with one attached hydrogen (secondary N) is 1. The van der Waals surface area contributed by atoms with E-state index in [0.29, 0.717) is 49.2 Å². The molecule has 2 fully saturated rings. The Kier molecular flexibility index (Phi) is 5.68. The van der Waals surface area contributed by atoms with Crippen LogP contribution in [0.25, 0.3) is 11.2 Å². The summed E-state index contributed by atoms with van der Waals surface area (Å²) in [4.78, 5) is 30.4. The van der Waals surface area contributed by atoms with Gasteiger partial charge in [0.2, 0.25) is 11.9 Å². The van der Waals surface area contributed by atoms with Crippen molar-refractivity contribution in [2.45, 2.75) is 19.9 Å². The van der Waals surface area contributed by atoms with Crippen LogP contribution in [0.5, 0.6) is 0 Å². The van der Waals surface area contributed by atoms with Crippen LogP contribution in [0.2, 0.25) is 0 Å². The van der Waals surface area contributed by atoms with E-state index in [9.17, 15) is 4.79 Å². The number of aromatic nitrogens is 4. The molecule has 1 amide bonds. The quantitative estimate of drug-likeness (QED) is 0.465. The summed E-state index contributed by atoms with van der Waals surface area (Å²) in [5.74, 6) is 1.16. The van der Waals surface area contributed by atoms with Gasteiger partial charge in [-0.3, -0.25) is 10.2 Å². The minimum absolute atomic E-state index is 0.0778. The van der Waals surface area contributed by atoms with E-state index in [1.807, 2.05) is 30.0 Å². The van der Waals surface area contributed by atoms with E-state index < -0.39 is 0 Å². The third-order valence-corrected chi connectivity index (χ3v) is 5.69. The second-order valence-corrected chi connectivity index (χ2v) is 8.03. The summed E-state index contributed by atoms with van der Waals surface area (Å²) in [6, 6.07) is 8.08. The van der Waals surface area contributed by atoms with Crippen LogP contribution < -0.4 is 10.3 Å². The Hall–Kier alpha value is -3.53. The third-order valence-electron chi connectivity index (χ3n) is 5.69. The molecule has 2 aliphatic rings. The van der Waals surface area contributed by atoms with Gasteiger partial charge in [0.05, 0.1) is 25.8 Å². The molecule has 0 aliphatic carbocycles. The molecular formula is C22H26N8O2. The molecule has 10 heteroatoms. The van der Waals surface area contributed by atoms with Gasteiger partial charge < -0.3 is 19.1 Å². The Morgan fingerprint density at radius 1 is 1.22 bits per heavy atom. The van der Waals surface area contributed by atoms with E-state index in [2.05, 4.69) is 26.5 Å². The second-order valence-electron chi connectivity index (χ2n) is 8.03. The van der Waals surface area contributed by atoms with Crippen molar-refractivity contribution in [1.82, 2.24) is 24.4 Å². The number of carbonyl (C=O) groups excluding carboxylic acids is 1. The molecule has 2 aliphatic heterocycles. The second kappa shape index (κ2) is 8.91. The fraction of sp³-hybridized carbons (Fsp3) is 0.409. The number of anilines is 2. The van der Waals surface area contributed by atoms with Crippen LogP contribution in [0.3, 0.4) is 0 Å². The van der Waals surface area contributed by atoms with Crippen LogP contribution in [0.15, 0.2) is 35.7 Å². The molecule has 32 heavy (non-hydrogen) atoms. The molecule has 0 radical (unpaired) electrons. The maximum atomic E-state index is 12.5. The first kappa shape index (κ1) is 20.4. The Labute approximate surface area is 185 Å². The van der Waals surface area contributed by atoms with Crippen LogP contribution in [-0.2, 0) is 16.1 Å². The number of likely N-dealkylation sites (tertiary alicyclic amines) is 1. The zero-order chi connectivity index (χ0) is 21.9. The van der Waals surface area contributed by atoms with E-state index in [1.165, 1.54) is 5.56 Å². The summed E-state index contributed by atoms with van der Waals surface area (Å²) < 4.78 is 7.25. The van der Waals surface area contributed by atoms with Gasteiger partial charge in [-0.25, -0.2) is 4.98 Å². The molecule has 1 aromatic carbocycles. The Balaban J connectivity index is 1.46. The van der Waals surface area contributed by atoms with Crippen molar-refractivity contribution in [3.8, 4) is 0 Å². The van der Waals surface area contributed by atoms with Gasteiger partial charge in [-0.05, 0) is 18.9 Å². The number of ether oxygens (including phenoxy) is 1. The molecule has 0 atom stereocenters. The first-order chi connectivity index (χ1) is 15.7. The number of fused-ring (bicyclic) bond motifs is 1. The number of nitrogens with zero attached hydrogens (tertiary/aromatic N) is 7. The fourth-order valence-corrected chi connectivity index (χ4v) is 3.76. The summed E-state index contributed by atoms with van der Waals surface area (Å²) >= 11 is 0. The van der Waals surface area contributed by atoms with Gasteiger partial charge >= 0.3 is 0 Å². The average molecular weight is 435 g/mol. The van der Waals surface area contributed by atoms with Gasteiger partial charge in [0.1, 0.15) is 6.54 Å². The molecule has 3 aromatic rings. The number of aryl methyl sites for hydroxylation is 1. The number of imidazole rings is 1. The lowest BCUT2D eigenvalue weighted by Crippen LogP contribution is -2.43. The zero-order valence-corrected chi connectivity index (χ0v) is 18.1. The summed E-state index contributed by atoms with van der Waals surface area (Å²) in [5, 5.41) is 4.38. The third kappa shape index (κ3) is 4.26. The molecule has 0 bridgehead atoms. The maximum absolute atomic E-state index is 12.5. The molecule has 166 valence electrons. The lowest BCUT2D eigenvalue weighted by molar-refractivity contribution is -0.135. The van der Waals surface area contributed by atoms with E-state index >= 15 is 0 Å². The van der Waals surface area contributed by atoms with Crippen LogP contribution >= 0.6 is 0 Å². The predicted molar refractivity (Wildman–Crippen MR) is 122 cm³/mol. The van der Waals surface area contributed by atoms with Gasteiger partial charge in [-0.2, -0.15) is 15.1 Å². The molecule has 0 saturated carbocycles. The molecule has 5 rings (SSSR count). The molecule has 0 unspecified atom stereocenters. The highest BCUT2D eigenvalue weighted by Crippen LogP contribution is 2.24. The smallest absolute Gasteiger partial charge is 0.242 e. The highest BCUT2D eigenvalue weighted by molar-refractivity contribution is 5.87. The topological polar surface area (TPSA) is 101 Å². The van der Waals surface area contributed by atoms with Crippen LogP contribution in [0.4, 0.5) is 11.8 Å². The standard InChI is InChI=1S/C22H26N8O2/c1-16-4-2-5-17(12-16)13-24-27-20-19-21(26-22(25-20)29-8-10-32-11-9-29)30(15-23-19)14-18(31)28-6-3-7-28/h2,4-5,12-13,15H,3,6-11,14H2,1H3,(H,25,26,27)/b24-13+. The van der Waals surface area contributed by atoms with E-state index in [4.69, 9.17) is 14.7 Å². The lowest BCUT2D eigenvalue weighted by atomic mass is 10.2. The minimum Gasteiger partial charge on any atom is -0.378 e. The largest absolute Gasteiger partial charge is 0.378 e. The fourth-order valence-electron chi connectivity index (χ4n) is 3.76. The lowest BCUT2D eigenvalue weighted by Gasteiger charge is -2.31. The van der Waals surface area contributed by atoms with Crippen molar-refractivity contribution in [3.63, 3.8) is 0 Å². The Morgan fingerprint density at radius 2 is 2.06 bits per heavy atom. The van der Waals surface area contributed by atoms with Gasteiger partial charge in [-0.15, -0.1) is 0 Å². The van der Waals surface area contributed by atoms with Crippen molar-refractivity contribution in [2.75, 3.05) is 49.7 Å². The van der Waals surface area contributed by atoms with Gasteiger partial charge in [-0.1, -0.05) is 29.8 Å². The van der Waals surface area contributed by atoms with E-state index in [1.54, 1.807) is 17.1 Å². The van der Waals surface area contributed by atoms with Gasteiger partial charge in [0, 0.05) is 26.2 Å². The van der Waals surface area contributed by atoms with Crippen molar-refractivity contribution in [3.05, 3.63) is 41.7 Å². The molecule has 10 nitrogen and oxygen atoms in total. The van der Waals surface area contributed by atoms with Crippen LogP contribution in [0, 0.1) is 6.92 Å². The zero-order valence-electron chi connectivity index (χ0n) is 18.1. The maximum Gasteiger partial charge on any atom is 0.242 e. The number of rotatable bonds is 6. The molecule has 1 N–H and O–H groups in total. The van der Waals surface area contributed by atoms with Gasteiger partial charge in [0.15, 0.2) is 17.0 Å². The summed E-state index contributed by atoms with van der Waals surface area (Å²) in [7, 11) is 0. The van der Waals surface area contributed by atoms with Crippen molar-refractivity contribution < 1.29 is 9.53 Å².